The molecule has 1 aliphatic heterocycles. The number of hydrazine groups is 1. The number of rotatable bonds is 0. The first-order valence-electron chi connectivity index (χ1n) is 4.84. The zero-order valence-electron chi connectivity index (χ0n) is 9.63. The van der Waals surface area contributed by atoms with Gasteiger partial charge in [-0.15, -0.1) is 0 Å². The van der Waals surface area contributed by atoms with Crippen LogP contribution in [0.15, 0.2) is 24.0 Å². The maximum Gasteiger partial charge on any atom is 0.433 e. The molecular weight excluding hydrogens is 237 g/mol. The summed E-state index contributed by atoms with van der Waals surface area (Å²) >= 11 is 0. The predicted molar refractivity (Wildman–Crippen MR) is 54.5 cm³/mol. The molecule has 0 spiro atoms. The Morgan fingerprint density at radius 1 is 1.35 bits per heavy atom. The largest absolute Gasteiger partial charge is 0.442 e. The topological polar surface area (TPSA) is 41.6 Å². The van der Waals surface area contributed by atoms with Crippen molar-refractivity contribution in [2.45, 2.75) is 32.5 Å². The minimum atomic E-state index is -4.54. The van der Waals surface area contributed by atoms with Crippen molar-refractivity contribution in [3.63, 3.8) is 0 Å². The van der Waals surface area contributed by atoms with Gasteiger partial charge in [-0.05, 0) is 32.9 Å². The van der Waals surface area contributed by atoms with Crippen molar-refractivity contribution in [3.8, 4) is 0 Å². The highest BCUT2D eigenvalue weighted by Crippen LogP contribution is 2.25. The second-order valence-corrected chi connectivity index (χ2v) is 4.38. The third kappa shape index (κ3) is 4.01. The summed E-state index contributed by atoms with van der Waals surface area (Å²) < 4.78 is 42.0. The smallest absolute Gasteiger partial charge is 0.433 e. The van der Waals surface area contributed by atoms with E-state index in [9.17, 15) is 18.0 Å². The lowest BCUT2D eigenvalue weighted by molar-refractivity contribution is -0.102. The molecule has 0 radical (unpaired) electrons. The number of hydrogen-bond acceptors (Lipinski definition) is 3. The molecular formula is C10H13F3N2O2. The van der Waals surface area contributed by atoms with Crippen LogP contribution in [0.3, 0.4) is 0 Å². The number of carbonyl (C=O) groups is 1. The highest BCUT2D eigenvalue weighted by atomic mass is 19.4. The van der Waals surface area contributed by atoms with E-state index in [2.05, 4.69) is 0 Å². The van der Waals surface area contributed by atoms with Crippen LogP contribution in [0, 0.1) is 0 Å². The van der Waals surface area contributed by atoms with Crippen LogP contribution in [0.4, 0.5) is 18.0 Å². The Kier molecular flexibility index (Phi) is 3.40. The molecule has 0 atom stereocenters. The summed E-state index contributed by atoms with van der Waals surface area (Å²) in [4.78, 5) is 11.5. The predicted octanol–water partition coefficient (Wildman–Crippen LogP) is 2.70. The van der Waals surface area contributed by atoms with Crippen LogP contribution in [-0.2, 0) is 4.74 Å². The first kappa shape index (κ1) is 13.4. The quantitative estimate of drug-likeness (QED) is 0.718. The number of hydrogen-bond donors (Lipinski definition) is 1. The molecule has 0 unspecified atom stereocenters. The second-order valence-electron chi connectivity index (χ2n) is 4.38. The van der Waals surface area contributed by atoms with Gasteiger partial charge in [-0.1, -0.05) is 0 Å². The van der Waals surface area contributed by atoms with E-state index in [1.54, 1.807) is 20.8 Å². The SMILES string of the molecule is CC(C)(C)OC(=O)N1C=CC=C(C(F)(F)F)N1. The van der Waals surface area contributed by atoms with Crippen LogP contribution >= 0.6 is 0 Å². The zero-order valence-corrected chi connectivity index (χ0v) is 9.63. The summed E-state index contributed by atoms with van der Waals surface area (Å²) in [7, 11) is 0. The highest BCUT2D eigenvalue weighted by Gasteiger charge is 2.36. The van der Waals surface area contributed by atoms with Crippen LogP contribution in [0.2, 0.25) is 0 Å². The Labute approximate surface area is 96.7 Å². The molecule has 0 bridgehead atoms. The molecule has 7 heteroatoms. The Hall–Kier alpha value is -1.66. The normalized spacial score (nSPS) is 16.4. The van der Waals surface area contributed by atoms with Gasteiger partial charge in [-0.3, -0.25) is 5.43 Å². The van der Waals surface area contributed by atoms with Gasteiger partial charge >= 0.3 is 12.3 Å². The summed E-state index contributed by atoms with van der Waals surface area (Å²) in [6.45, 7) is 4.87. The number of halogens is 3. The monoisotopic (exact) mass is 250 g/mol. The Bertz CT molecular complexity index is 367. The lowest BCUT2D eigenvalue weighted by Gasteiger charge is -2.28. The van der Waals surface area contributed by atoms with Crippen LogP contribution in [0.5, 0.6) is 0 Å². The number of nitrogens with zero attached hydrogens (tertiary/aromatic N) is 1. The number of carbonyl (C=O) groups excluding carboxylic acids is 1. The second kappa shape index (κ2) is 4.31. The van der Waals surface area contributed by atoms with E-state index in [0.29, 0.717) is 5.01 Å². The molecule has 0 fully saturated rings. The van der Waals surface area contributed by atoms with E-state index in [0.717, 1.165) is 18.4 Å². The molecule has 0 aromatic rings. The summed E-state index contributed by atoms with van der Waals surface area (Å²) in [5, 5.41) is 0.647. The molecule has 0 aromatic carbocycles. The fraction of sp³-hybridized carbons (Fsp3) is 0.500. The third-order valence-corrected chi connectivity index (χ3v) is 1.63. The maximum absolute atomic E-state index is 12.4. The van der Waals surface area contributed by atoms with E-state index in [1.165, 1.54) is 0 Å². The van der Waals surface area contributed by atoms with Crippen molar-refractivity contribution in [3.05, 3.63) is 24.0 Å². The third-order valence-electron chi connectivity index (χ3n) is 1.63. The molecule has 1 heterocycles. The Morgan fingerprint density at radius 3 is 2.41 bits per heavy atom. The number of allylic oxidation sites excluding steroid dienone is 3. The molecule has 1 N–H and O–H groups in total. The Morgan fingerprint density at radius 2 is 1.94 bits per heavy atom. The van der Waals surface area contributed by atoms with Crippen molar-refractivity contribution in [1.29, 1.82) is 0 Å². The summed E-state index contributed by atoms with van der Waals surface area (Å²) in [5.74, 6) is 0. The van der Waals surface area contributed by atoms with Crippen LogP contribution < -0.4 is 5.43 Å². The molecule has 96 valence electrons. The van der Waals surface area contributed by atoms with Crippen molar-refractivity contribution in [1.82, 2.24) is 10.4 Å². The van der Waals surface area contributed by atoms with Gasteiger partial charge in [0.1, 0.15) is 11.3 Å². The van der Waals surface area contributed by atoms with E-state index < -0.39 is 23.6 Å². The molecule has 0 aliphatic carbocycles. The molecule has 1 rings (SSSR count). The number of alkyl halides is 3. The molecule has 0 saturated heterocycles. The molecule has 1 aliphatic rings. The molecule has 17 heavy (non-hydrogen) atoms. The minimum absolute atomic E-state index is 0.647. The number of amides is 1. The molecule has 1 amide bonds. The van der Waals surface area contributed by atoms with Gasteiger partial charge in [0.25, 0.3) is 0 Å². The van der Waals surface area contributed by atoms with Crippen LogP contribution in [0.25, 0.3) is 0 Å². The highest BCUT2D eigenvalue weighted by molar-refractivity contribution is 5.69. The van der Waals surface area contributed by atoms with Gasteiger partial charge in [0.05, 0.1) is 0 Å². The van der Waals surface area contributed by atoms with Crippen molar-refractivity contribution >= 4 is 6.09 Å². The first-order valence-corrected chi connectivity index (χ1v) is 4.84. The van der Waals surface area contributed by atoms with Gasteiger partial charge in [0.15, 0.2) is 0 Å². The van der Waals surface area contributed by atoms with Crippen LogP contribution in [0.1, 0.15) is 20.8 Å². The maximum atomic E-state index is 12.4. The summed E-state index contributed by atoms with van der Waals surface area (Å²) in [5.41, 5.74) is 0.130. The molecule has 0 aromatic heterocycles. The zero-order chi connectivity index (χ0) is 13.3. The lowest BCUT2D eigenvalue weighted by Crippen LogP contribution is -2.45. The summed E-state index contributed by atoms with van der Waals surface area (Å²) in [6.07, 6.45) is -2.33. The van der Waals surface area contributed by atoms with Gasteiger partial charge < -0.3 is 4.74 Å². The van der Waals surface area contributed by atoms with Crippen LogP contribution in [-0.4, -0.2) is 22.9 Å². The Balaban J connectivity index is 2.70. The number of ether oxygens (including phenoxy) is 1. The minimum Gasteiger partial charge on any atom is -0.442 e. The van der Waals surface area contributed by atoms with Crippen molar-refractivity contribution in [2.75, 3.05) is 0 Å². The summed E-state index contributed by atoms with van der Waals surface area (Å²) in [6, 6.07) is 0. The molecule has 0 saturated carbocycles. The number of nitrogens with one attached hydrogen (secondary N) is 1. The van der Waals surface area contributed by atoms with E-state index in [1.807, 2.05) is 5.43 Å². The van der Waals surface area contributed by atoms with E-state index in [4.69, 9.17) is 4.74 Å². The lowest BCUT2D eigenvalue weighted by atomic mass is 10.2. The average molecular weight is 250 g/mol. The van der Waals surface area contributed by atoms with E-state index in [-0.39, 0.29) is 0 Å². The molecule has 4 nitrogen and oxygen atoms in total. The van der Waals surface area contributed by atoms with Gasteiger partial charge in [0.2, 0.25) is 0 Å². The van der Waals surface area contributed by atoms with Gasteiger partial charge in [-0.25, -0.2) is 4.79 Å². The van der Waals surface area contributed by atoms with Gasteiger partial charge in [-0.2, -0.15) is 18.2 Å². The fourth-order valence-electron chi connectivity index (χ4n) is 1.01. The average Bonchev–Trinajstić information content (AvgIpc) is 2.14. The van der Waals surface area contributed by atoms with Gasteiger partial charge in [0, 0.05) is 6.20 Å². The first-order chi connectivity index (χ1) is 7.59. The standard InChI is InChI=1S/C10H13F3N2O2/c1-9(2,3)17-8(16)15-6-4-5-7(14-15)10(11,12)13/h4-6,14H,1-3H3. The van der Waals surface area contributed by atoms with Crippen molar-refractivity contribution in [2.24, 2.45) is 0 Å². The van der Waals surface area contributed by atoms with Crippen molar-refractivity contribution < 1.29 is 22.7 Å². The fourth-order valence-corrected chi connectivity index (χ4v) is 1.01. The van der Waals surface area contributed by atoms with E-state index >= 15 is 0 Å².